The number of hydrogen-bond acceptors (Lipinski definition) is 4. The summed E-state index contributed by atoms with van der Waals surface area (Å²) in [7, 11) is -4.14. The van der Waals surface area contributed by atoms with Crippen LogP contribution >= 0.6 is 7.82 Å². The van der Waals surface area contributed by atoms with Gasteiger partial charge in [-0.25, -0.2) is 0 Å². The number of hydrogen-bond donors (Lipinski definition) is 1. The van der Waals surface area contributed by atoms with E-state index < -0.39 is 7.82 Å². The first-order chi connectivity index (χ1) is 19.3. The molecule has 0 spiro atoms. The Morgan fingerprint density at radius 3 is 1.12 bits per heavy atom. The Hall–Kier alpha value is 0.0700. The second kappa shape index (κ2) is 32.0. The number of rotatable bonds is 29. The quantitative estimate of drug-likeness (QED) is 0.0695. The minimum absolute atomic E-state index is 0.253. The van der Waals surface area contributed by atoms with Crippen LogP contribution in [0.5, 0.6) is 0 Å². The molecule has 0 fully saturated rings. The maximum atomic E-state index is 11.8. The van der Waals surface area contributed by atoms with E-state index in [1.165, 1.54) is 96.7 Å². The monoisotopic (exact) mass is 592 g/mol. The summed E-state index contributed by atoms with van der Waals surface area (Å²) in [5.41, 5.74) is 0. The van der Waals surface area contributed by atoms with Crippen molar-refractivity contribution in [3.05, 3.63) is 0 Å². The standard InChI is InChI=1S/C18H39N.C16H35O4P/c1-4-7-10-13-16-19(17-14-11-8-5-2)18-15-12-9-6-3;1-5-9-11-15(7-3)13-19-21(17,18)20-14-16(8-4)12-10-6-2/h4-18H2,1-3H3;15-16H,5-14H2,1-4H3,(H,17,18). The second-order valence-electron chi connectivity index (χ2n) is 12.1. The first-order valence-electron chi connectivity index (χ1n) is 17.8. The lowest BCUT2D eigenvalue weighted by atomic mass is 10.0. The predicted molar refractivity (Wildman–Crippen MR) is 174 cm³/mol. The van der Waals surface area contributed by atoms with Crippen LogP contribution in [-0.4, -0.2) is 32.8 Å². The lowest BCUT2D eigenvalue weighted by molar-refractivity contribution is -0.900. The summed E-state index contributed by atoms with van der Waals surface area (Å²) in [5, 5.41) is 0. The summed E-state index contributed by atoms with van der Waals surface area (Å²) in [6.07, 6.45) is 25.4. The van der Waals surface area contributed by atoms with E-state index in [4.69, 9.17) is 9.05 Å². The van der Waals surface area contributed by atoms with E-state index in [9.17, 15) is 9.46 Å². The van der Waals surface area contributed by atoms with Crippen LogP contribution in [0.2, 0.25) is 0 Å². The molecule has 0 bridgehead atoms. The molecule has 5 nitrogen and oxygen atoms in total. The number of phosphoric ester groups is 1. The second-order valence-corrected chi connectivity index (χ2v) is 13.5. The van der Waals surface area contributed by atoms with Gasteiger partial charge in [0.1, 0.15) is 0 Å². The van der Waals surface area contributed by atoms with Gasteiger partial charge in [-0.05, 0) is 63.2 Å². The molecule has 244 valence electrons. The molecular weight excluding hydrogens is 517 g/mol. The topological polar surface area (TPSA) is 63.0 Å². The fraction of sp³-hybridized carbons (Fsp3) is 1.00. The van der Waals surface area contributed by atoms with Crippen molar-refractivity contribution in [3.63, 3.8) is 0 Å². The molecule has 0 saturated carbocycles. The van der Waals surface area contributed by atoms with Gasteiger partial charge in [0, 0.05) is 0 Å². The van der Waals surface area contributed by atoms with E-state index in [-0.39, 0.29) is 13.2 Å². The third-order valence-electron chi connectivity index (χ3n) is 8.17. The summed E-state index contributed by atoms with van der Waals surface area (Å²) >= 11 is 0. The Balaban J connectivity index is 0. The highest BCUT2D eigenvalue weighted by Gasteiger charge is 2.16. The molecule has 1 N–H and O–H groups in total. The Morgan fingerprint density at radius 2 is 0.850 bits per heavy atom. The molecule has 0 amide bonds. The highest BCUT2D eigenvalue weighted by atomic mass is 31.2. The zero-order valence-corrected chi connectivity index (χ0v) is 29.3. The Bertz CT molecular complexity index is 482. The van der Waals surface area contributed by atoms with E-state index in [1.54, 1.807) is 0 Å². The molecule has 0 aromatic rings. The largest absolute Gasteiger partial charge is 0.756 e. The van der Waals surface area contributed by atoms with Crippen molar-refractivity contribution in [2.24, 2.45) is 11.8 Å². The van der Waals surface area contributed by atoms with Crippen LogP contribution in [0, 0.1) is 11.8 Å². The van der Waals surface area contributed by atoms with Gasteiger partial charge in [0.05, 0.1) is 32.8 Å². The van der Waals surface area contributed by atoms with Crippen LogP contribution in [0.1, 0.15) is 177 Å². The zero-order valence-electron chi connectivity index (χ0n) is 28.4. The third-order valence-corrected chi connectivity index (χ3v) is 9.11. The number of unbranched alkanes of at least 4 members (excludes halogenated alkanes) is 11. The van der Waals surface area contributed by atoms with Gasteiger partial charge in [-0.15, -0.1) is 0 Å². The molecule has 0 aliphatic heterocycles. The fourth-order valence-corrected chi connectivity index (χ4v) is 5.87. The van der Waals surface area contributed by atoms with Crippen LogP contribution in [0.4, 0.5) is 0 Å². The highest BCUT2D eigenvalue weighted by molar-refractivity contribution is 7.45. The normalized spacial score (nSPS) is 14.5. The van der Waals surface area contributed by atoms with Gasteiger partial charge in [-0.3, -0.25) is 4.57 Å². The Morgan fingerprint density at radius 1 is 0.525 bits per heavy atom. The first kappa shape index (κ1) is 42.2. The minimum atomic E-state index is -4.14. The van der Waals surface area contributed by atoms with Crippen molar-refractivity contribution in [1.29, 1.82) is 0 Å². The van der Waals surface area contributed by atoms with Crippen LogP contribution in [-0.2, 0) is 13.6 Å². The molecule has 6 heteroatoms. The molecule has 0 aliphatic rings. The Kier molecular flexibility index (Phi) is 33.8. The molecule has 0 radical (unpaired) electrons. The average molecular weight is 592 g/mol. The van der Waals surface area contributed by atoms with Crippen LogP contribution in [0.15, 0.2) is 0 Å². The van der Waals surface area contributed by atoms with Gasteiger partial charge >= 0.3 is 0 Å². The van der Waals surface area contributed by atoms with Gasteiger partial charge in [-0.2, -0.15) is 0 Å². The number of phosphoric acid groups is 1. The van der Waals surface area contributed by atoms with E-state index >= 15 is 0 Å². The highest BCUT2D eigenvalue weighted by Crippen LogP contribution is 2.40. The molecule has 0 heterocycles. The van der Waals surface area contributed by atoms with Gasteiger partial charge in [0.2, 0.25) is 0 Å². The molecule has 0 rings (SSSR count). The Labute approximate surface area is 252 Å². The molecule has 0 saturated heterocycles. The van der Waals surface area contributed by atoms with Crippen molar-refractivity contribution < 1.29 is 23.4 Å². The van der Waals surface area contributed by atoms with E-state index in [0.29, 0.717) is 11.8 Å². The molecule has 0 aromatic heterocycles. The average Bonchev–Trinajstić information content (AvgIpc) is 2.95. The molecular formula is C34H74NO4P. The van der Waals surface area contributed by atoms with Crippen molar-refractivity contribution in [1.82, 2.24) is 0 Å². The van der Waals surface area contributed by atoms with Crippen LogP contribution < -0.4 is 9.79 Å². The smallest absolute Gasteiger partial charge is 0.267 e. The molecule has 2 atom stereocenters. The molecule has 0 aliphatic carbocycles. The fourth-order valence-electron chi connectivity index (χ4n) is 5.01. The lowest BCUT2D eigenvalue weighted by Crippen LogP contribution is -3.12. The predicted octanol–water partition coefficient (Wildman–Crippen LogP) is 9.53. The van der Waals surface area contributed by atoms with Gasteiger partial charge in [0.25, 0.3) is 7.82 Å². The maximum Gasteiger partial charge on any atom is 0.267 e. The lowest BCUT2D eigenvalue weighted by Gasteiger charge is -2.27. The SMILES string of the molecule is CCCCC(CC)COP(=O)([O-])OCC(CC)CCCC.CCCCCC[NH+](CCCCCC)CCCCCC. The summed E-state index contributed by atoms with van der Waals surface area (Å²) in [5.74, 6) is 0.607. The van der Waals surface area contributed by atoms with Crippen molar-refractivity contribution in [3.8, 4) is 0 Å². The molecule has 0 aromatic carbocycles. The zero-order chi connectivity index (χ0) is 30.3. The molecule has 40 heavy (non-hydrogen) atoms. The van der Waals surface area contributed by atoms with E-state index in [1.807, 2.05) is 4.90 Å². The van der Waals surface area contributed by atoms with Crippen LogP contribution in [0.3, 0.4) is 0 Å². The minimum Gasteiger partial charge on any atom is -0.756 e. The number of quaternary nitrogens is 1. The van der Waals surface area contributed by atoms with Crippen molar-refractivity contribution in [2.75, 3.05) is 32.8 Å². The molecule has 2 unspecified atom stereocenters. The summed E-state index contributed by atoms with van der Waals surface area (Å²) in [6.45, 7) is 20.1. The first-order valence-corrected chi connectivity index (χ1v) is 19.2. The summed E-state index contributed by atoms with van der Waals surface area (Å²) in [6, 6.07) is 0. The van der Waals surface area contributed by atoms with Gasteiger partial charge < -0.3 is 18.8 Å². The summed E-state index contributed by atoms with van der Waals surface area (Å²) < 4.78 is 21.9. The third kappa shape index (κ3) is 29.6. The van der Waals surface area contributed by atoms with Crippen LogP contribution in [0.25, 0.3) is 0 Å². The van der Waals surface area contributed by atoms with Gasteiger partial charge in [0.15, 0.2) is 0 Å². The number of nitrogens with one attached hydrogen (secondary N) is 1. The van der Waals surface area contributed by atoms with E-state index in [0.717, 1.165) is 51.4 Å². The van der Waals surface area contributed by atoms with Crippen molar-refractivity contribution in [2.45, 2.75) is 177 Å². The maximum absolute atomic E-state index is 11.8. The summed E-state index contributed by atoms with van der Waals surface area (Å²) in [4.78, 5) is 13.7. The van der Waals surface area contributed by atoms with Crippen molar-refractivity contribution >= 4 is 7.82 Å². The van der Waals surface area contributed by atoms with Gasteiger partial charge in [-0.1, -0.05) is 126 Å². The van der Waals surface area contributed by atoms with E-state index in [2.05, 4.69) is 48.5 Å².